The molecule has 1 aliphatic heterocycles. The fourth-order valence-electron chi connectivity index (χ4n) is 2.84. The third-order valence-electron chi connectivity index (χ3n) is 4.23. The summed E-state index contributed by atoms with van der Waals surface area (Å²) in [6.07, 6.45) is 0.981. The van der Waals surface area contributed by atoms with Crippen molar-refractivity contribution in [2.24, 2.45) is 11.1 Å². The summed E-state index contributed by atoms with van der Waals surface area (Å²) in [5.74, 6) is 0.104. The van der Waals surface area contributed by atoms with Crippen molar-refractivity contribution >= 4 is 5.91 Å². The first-order chi connectivity index (χ1) is 8.91. The number of hydrogen-bond acceptors (Lipinski definition) is 3. The first-order valence-electron chi connectivity index (χ1n) is 6.95. The van der Waals surface area contributed by atoms with Gasteiger partial charge in [-0.15, -0.1) is 0 Å². The van der Waals surface area contributed by atoms with Crippen molar-refractivity contribution in [3.8, 4) is 0 Å². The molecular weight excluding hydrogens is 240 g/mol. The predicted octanol–water partition coefficient (Wildman–Crippen LogP) is 1.33. The topological polar surface area (TPSA) is 64.2 Å². The Balaban J connectivity index is 2.24. The molecular formula is C14H24N4O. The number of nitrogens with zero attached hydrogens (tertiary/aromatic N) is 3. The largest absolute Gasteiger partial charge is 0.338 e. The molecule has 0 aliphatic carbocycles. The summed E-state index contributed by atoms with van der Waals surface area (Å²) in [5.41, 5.74) is 8.42. The third kappa shape index (κ3) is 2.39. The van der Waals surface area contributed by atoms with Crippen LogP contribution < -0.4 is 5.73 Å². The fraction of sp³-hybridized carbons (Fsp3) is 0.714. The predicted molar refractivity (Wildman–Crippen MR) is 75.1 cm³/mol. The fourth-order valence-corrected chi connectivity index (χ4v) is 2.84. The highest BCUT2D eigenvalue weighted by atomic mass is 16.2. The lowest BCUT2D eigenvalue weighted by Crippen LogP contribution is -2.34. The van der Waals surface area contributed by atoms with Crippen LogP contribution in [0.5, 0.6) is 0 Å². The highest BCUT2D eigenvalue weighted by molar-refractivity contribution is 5.96. The Bertz CT molecular complexity index is 494. The second kappa shape index (κ2) is 4.96. The van der Waals surface area contributed by atoms with Gasteiger partial charge in [-0.05, 0) is 39.2 Å². The first-order valence-corrected chi connectivity index (χ1v) is 6.95. The van der Waals surface area contributed by atoms with E-state index in [1.807, 2.05) is 30.4 Å². The molecule has 2 heterocycles. The van der Waals surface area contributed by atoms with Crippen LogP contribution in [0.15, 0.2) is 0 Å². The Hall–Kier alpha value is -1.36. The second-order valence-electron chi connectivity index (χ2n) is 5.85. The smallest absolute Gasteiger partial charge is 0.257 e. The molecule has 1 fully saturated rings. The van der Waals surface area contributed by atoms with E-state index in [1.165, 1.54) is 0 Å². The van der Waals surface area contributed by atoms with Gasteiger partial charge in [-0.3, -0.25) is 9.48 Å². The molecule has 1 unspecified atom stereocenters. The van der Waals surface area contributed by atoms with E-state index in [1.54, 1.807) is 0 Å². The monoisotopic (exact) mass is 264 g/mol. The number of aryl methyl sites for hydroxylation is 2. The number of likely N-dealkylation sites (tertiary alicyclic amines) is 1. The molecule has 2 rings (SSSR count). The number of amides is 1. The molecule has 1 aromatic heterocycles. The molecule has 5 heteroatoms. The zero-order chi connectivity index (χ0) is 14.2. The average Bonchev–Trinajstić information content (AvgIpc) is 2.91. The number of rotatable bonds is 3. The van der Waals surface area contributed by atoms with Crippen molar-refractivity contribution in [1.29, 1.82) is 0 Å². The molecule has 1 saturated heterocycles. The zero-order valence-corrected chi connectivity index (χ0v) is 12.4. The maximum atomic E-state index is 12.7. The maximum Gasteiger partial charge on any atom is 0.257 e. The maximum absolute atomic E-state index is 12.7. The van der Waals surface area contributed by atoms with Gasteiger partial charge in [0.1, 0.15) is 0 Å². The minimum Gasteiger partial charge on any atom is -0.338 e. The Morgan fingerprint density at radius 3 is 2.63 bits per heavy atom. The van der Waals surface area contributed by atoms with Crippen molar-refractivity contribution in [2.75, 3.05) is 19.6 Å². The van der Waals surface area contributed by atoms with E-state index < -0.39 is 0 Å². The van der Waals surface area contributed by atoms with Crippen LogP contribution in [0.3, 0.4) is 0 Å². The Labute approximate surface area is 114 Å². The van der Waals surface area contributed by atoms with E-state index in [0.29, 0.717) is 6.54 Å². The van der Waals surface area contributed by atoms with Gasteiger partial charge in [-0.25, -0.2) is 0 Å². The van der Waals surface area contributed by atoms with Crippen LogP contribution >= 0.6 is 0 Å². The van der Waals surface area contributed by atoms with Crippen LogP contribution in [0.25, 0.3) is 0 Å². The lowest BCUT2D eigenvalue weighted by molar-refractivity contribution is 0.0775. The summed E-state index contributed by atoms with van der Waals surface area (Å²) in [4.78, 5) is 14.6. The Morgan fingerprint density at radius 2 is 2.16 bits per heavy atom. The van der Waals surface area contributed by atoms with E-state index in [0.717, 1.165) is 43.0 Å². The zero-order valence-electron chi connectivity index (χ0n) is 12.4. The van der Waals surface area contributed by atoms with Gasteiger partial charge in [0.05, 0.1) is 11.3 Å². The summed E-state index contributed by atoms with van der Waals surface area (Å²) in [5, 5.41) is 4.42. The summed E-state index contributed by atoms with van der Waals surface area (Å²) in [6.45, 7) is 11.0. The quantitative estimate of drug-likeness (QED) is 0.895. The molecule has 0 bridgehead atoms. The molecule has 0 spiro atoms. The van der Waals surface area contributed by atoms with Crippen molar-refractivity contribution in [3.05, 3.63) is 17.0 Å². The molecule has 1 aliphatic rings. The summed E-state index contributed by atoms with van der Waals surface area (Å²) < 4.78 is 1.89. The number of aromatic nitrogens is 2. The van der Waals surface area contributed by atoms with Crippen LogP contribution in [-0.4, -0.2) is 40.2 Å². The molecule has 2 N–H and O–H groups in total. The summed E-state index contributed by atoms with van der Waals surface area (Å²) in [6, 6.07) is 0. The molecule has 5 nitrogen and oxygen atoms in total. The second-order valence-corrected chi connectivity index (χ2v) is 5.85. The van der Waals surface area contributed by atoms with Gasteiger partial charge in [0.25, 0.3) is 5.91 Å². The highest BCUT2D eigenvalue weighted by Gasteiger charge is 2.36. The Morgan fingerprint density at radius 1 is 1.47 bits per heavy atom. The minimum absolute atomic E-state index is 0.0677. The van der Waals surface area contributed by atoms with E-state index >= 15 is 0 Å². The van der Waals surface area contributed by atoms with Crippen molar-refractivity contribution in [1.82, 2.24) is 14.7 Å². The van der Waals surface area contributed by atoms with Crippen LogP contribution in [0.2, 0.25) is 0 Å². The Kier molecular flexibility index (Phi) is 3.67. The van der Waals surface area contributed by atoms with Gasteiger partial charge >= 0.3 is 0 Å². The van der Waals surface area contributed by atoms with Crippen LogP contribution in [0, 0.1) is 19.3 Å². The molecule has 1 atom stereocenters. The molecule has 1 amide bonds. The first kappa shape index (κ1) is 14.1. The molecule has 106 valence electrons. The summed E-state index contributed by atoms with van der Waals surface area (Å²) >= 11 is 0. The standard InChI is InChI=1S/C14H24N4O/c1-5-18-11(3)12(10(2)16-18)13(19)17-7-6-14(4,8-15)9-17/h5-9,15H2,1-4H3. The number of nitrogens with two attached hydrogens (primary N) is 1. The van der Waals surface area contributed by atoms with Gasteiger partial charge in [0.15, 0.2) is 0 Å². The van der Waals surface area contributed by atoms with Gasteiger partial charge in [0.2, 0.25) is 0 Å². The van der Waals surface area contributed by atoms with E-state index in [2.05, 4.69) is 12.0 Å². The van der Waals surface area contributed by atoms with Gasteiger partial charge in [0, 0.05) is 25.3 Å². The van der Waals surface area contributed by atoms with Crippen molar-refractivity contribution in [3.63, 3.8) is 0 Å². The van der Waals surface area contributed by atoms with Gasteiger partial charge in [-0.1, -0.05) is 6.92 Å². The highest BCUT2D eigenvalue weighted by Crippen LogP contribution is 2.30. The van der Waals surface area contributed by atoms with Crippen molar-refractivity contribution in [2.45, 2.75) is 40.7 Å². The van der Waals surface area contributed by atoms with E-state index in [-0.39, 0.29) is 11.3 Å². The van der Waals surface area contributed by atoms with Gasteiger partial charge in [-0.2, -0.15) is 5.10 Å². The van der Waals surface area contributed by atoms with Crippen LogP contribution in [0.1, 0.15) is 42.0 Å². The van der Waals surface area contributed by atoms with Crippen LogP contribution in [0.4, 0.5) is 0 Å². The molecule has 0 saturated carbocycles. The number of hydrogen-bond donors (Lipinski definition) is 1. The number of carbonyl (C=O) groups is 1. The molecule has 1 aromatic rings. The lowest BCUT2D eigenvalue weighted by atomic mass is 9.90. The SMILES string of the molecule is CCn1nc(C)c(C(=O)N2CCC(C)(CN)C2)c1C. The average molecular weight is 264 g/mol. The third-order valence-corrected chi connectivity index (χ3v) is 4.23. The molecule has 19 heavy (non-hydrogen) atoms. The number of carbonyl (C=O) groups excluding carboxylic acids is 1. The molecule has 0 aromatic carbocycles. The van der Waals surface area contributed by atoms with Gasteiger partial charge < -0.3 is 10.6 Å². The minimum atomic E-state index is 0.0677. The van der Waals surface area contributed by atoms with Crippen LogP contribution in [-0.2, 0) is 6.54 Å². The summed E-state index contributed by atoms with van der Waals surface area (Å²) in [7, 11) is 0. The molecule has 0 radical (unpaired) electrons. The van der Waals surface area contributed by atoms with E-state index in [9.17, 15) is 4.79 Å². The normalized spacial score (nSPS) is 23.1. The lowest BCUT2D eigenvalue weighted by Gasteiger charge is -2.22. The van der Waals surface area contributed by atoms with E-state index in [4.69, 9.17) is 5.73 Å². The van der Waals surface area contributed by atoms with Crippen molar-refractivity contribution < 1.29 is 4.79 Å².